The minimum Gasteiger partial charge on any atom is -0.312 e. The summed E-state index contributed by atoms with van der Waals surface area (Å²) in [6.45, 7) is 4.63. The Hall–Kier alpha value is -0.420. The number of hydrogen-bond acceptors (Lipinski definition) is 3. The molecule has 0 saturated carbocycles. The fourth-order valence-electron chi connectivity index (χ4n) is 2.94. The van der Waals surface area contributed by atoms with Crippen LogP contribution < -0.4 is 5.32 Å². The summed E-state index contributed by atoms with van der Waals surface area (Å²) in [5.41, 5.74) is 2.60. The number of rotatable bonds is 2. The van der Waals surface area contributed by atoms with Crippen LogP contribution in [0, 0.1) is 5.41 Å². The first-order valence-electron chi connectivity index (χ1n) is 7.02. The molecule has 1 aromatic heterocycles. The normalized spacial score (nSPS) is 20.3. The van der Waals surface area contributed by atoms with Crippen molar-refractivity contribution in [1.82, 2.24) is 10.3 Å². The molecule has 0 bridgehead atoms. The number of hydrogen-bond donors (Lipinski definition) is 1. The number of halogens is 2. The van der Waals surface area contributed by atoms with Crippen molar-refractivity contribution >= 4 is 38.9 Å². The first kappa shape index (κ1) is 15.5. The molecule has 0 fully saturated rings. The van der Waals surface area contributed by atoms with Gasteiger partial charge in [-0.15, -0.1) is 11.3 Å². The molecule has 1 unspecified atom stereocenters. The highest BCUT2D eigenvalue weighted by Crippen LogP contribution is 2.45. The molecule has 0 amide bonds. The number of nitrogens with one attached hydrogen (secondary N) is 1. The molecule has 5 heteroatoms. The van der Waals surface area contributed by atoms with Gasteiger partial charge in [0.1, 0.15) is 5.01 Å². The lowest BCUT2D eigenvalue weighted by atomic mass is 9.76. The third kappa shape index (κ3) is 3.04. The molecule has 3 rings (SSSR count). The van der Waals surface area contributed by atoms with Crippen molar-refractivity contribution in [2.24, 2.45) is 5.41 Å². The molecule has 1 aliphatic rings. The van der Waals surface area contributed by atoms with E-state index in [1.165, 1.54) is 10.6 Å². The molecule has 21 heavy (non-hydrogen) atoms. The third-order valence-electron chi connectivity index (χ3n) is 3.95. The fraction of sp³-hybridized carbons (Fsp3) is 0.438. The van der Waals surface area contributed by atoms with Crippen molar-refractivity contribution in [3.05, 3.63) is 38.3 Å². The zero-order chi connectivity index (χ0) is 15.2. The van der Waals surface area contributed by atoms with Gasteiger partial charge in [0.2, 0.25) is 0 Å². The largest absolute Gasteiger partial charge is 0.312 e. The van der Waals surface area contributed by atoms with Crippen molar-refractivity contribution < 1.29 is 0 Å². The molecule has 0 saturated heterocycles. The summed E-state index contributed by atoms with van der Waals surface area (Å²) in [6, 6.07) is 6.25. The van der Waals surface area contributed by atoms with Crippen LogP contribution in [0.15, 0.2) is 22.7 Å². The Morgan fingerprint density at radius 1 is 1.43 bits per heavy atom. The fourth-order valence-corrected chi connectivity index (χ4v) is 4.90. The maximum Gasteiger partial charge on any atom is 0.125 e. The molecule has 112 valence electrons. The van der Waals surface area contributed by atoms with Crippen LogP contribution in [0.1, 0.15) is 36.9 Å². The molecule has 2 nitrogen and oxygen atoms in total. The quantitative estimate of drug-likeness (QED) is 0.742. The maximum absolute atomic E-state index is 6.14. The Labute approximate surface area is 143 Å². The van der Waals surface area contributed by atoms with E-state index in [2.05, 4.69) is 35.1 Å². The van der Waals surface area contributed by atoms with Crippen molar-refractivity contribution in [3.8, 4) is 10.6 Å². The second-order valence-corrected chi connectivity index (χ2v) is 8.66. The summed E-state index contributed by atoms with van der Waals surface area (Å²) in [7, 11) is 2.03. The Bertz CT molecular complexity index is 681. The molecule has 0 spiro atoms. The zero-order valence-electron chi connectivity index (χ0n) is 12.3. The van der Waals surface area contributed by atoms with E-state index in [9.17, 15) is 0 Å². The van der Waals surface area contributed by atoms with Crippen molar-refractivity contribution in [1.29, 1.82) is 0 Å². The zero-order valence-corrected chi connectivity index (χ0v) is 15.5. The van der Waals surface area contributed by atoms with Crippen LogP contribution in [0.4, 0.5) is 0 Å². The van der Waals surface area contributed by atoms with Gasteiger partial charge in [0.25, 0.3) is 0 Å². The standard InChI is InChI=1S/C16H18BrClN2S/c1-16(2)7-12(19-3)14-13(8-16)20-15(21-14)10-6-9(18)4-5-11(10)17/h4-6,12,19H,7-8H2,1-3H3. The lowest BCUT2D eigenvalue weighted by Gasteiger charge is -2.34. The number of aromatic nitrogens is 1. The molecule has 0 radical (unpaired) electrons. The first-order chi connectivity index (χ1) is 9.89. The van der Waals surface area contributed by atoms with Gasteiger partial charge in [0.15, 0.2) is 0 Å². The molecule has 1 aliphatic carbocycles. The van der Waals surface area contributed by atoms with Crippen molar-refractivity contribution in [2.45, 2.75) is 32.7 Å². The minimum atomic E-state index is 0.289. The van der Waals surface area contributed by atoms with E-state index in [-0.39, 0.29) is 5.41 Å². The predicted molar refractivity (Wildman–Crippen MR) is 94.2 cm³/mol. The highest BCUT2D eigenvalue weighted by molar-refractivity contribution is 9.10. The SMILES string of the molecule is CNC1CC(C)(C)Cc2nc(-c3cc(Cl)ccc3Br)sc21. The molecule has 1 N–H and O–H groups in total. The smallest absolute Gasteiger partial charge is 0.125 e. The van der Waals surface area contributed by atoms with E-state index in [4.69, 9.17) is 16.6 Å². The van der Waals surface area contributed by atoms with Crippen LogP contribution in [-0.4, -0.2) is 12.0 Å². The second kappa shape index (κ2) is 5.65. The van der Waals surface area contributed by atoms with Crippen LogP contribution in [0.25, 0.3) is 10.6 Å². The third-order valence-corrected chi connectivity index (χ3v) is 6.13. The molecule has 1 atom stereocenters. The average Bonchev–Trinajstić information content (AvgIpc) is 2.82. The van der Waals surface area contributed by atoms with Crippen LogP contribution >= 0.6 is 38.9 Å². The van der Waals surface area contributed by atoms with Gasteiger partial charge in [0.05, 0.1) is 5.69 Å². The molecule has 1 heterocycles. The molecular weight excluding hydrogens is 368 g/mol. The first-order valence-corrected chi connectivity index (χ1v) is 9.01. The highest BCUT2D eigenvalue weighted by atomic mass is 79.9. The number of nitrogens with zero attached hydrogens (tertiary/aromatic N) is 1. The van der Waals surface area contributed by atoms with Gasteiger partial charge in [-0.1, -0.05) is 41.4 Å². The van der Waals surface area contributed by atoms with Gasteiger partial charge in [-0.25, -0.2) is 4.98 Å². The summed E-state index contributed by atoms with van der Waals surface area (Å²) in [4.78, 5) is 6.28. The van der Waals surface area contributed by atoms with Crippen LogP contribution in [0.5, 0.6) is 0 Å². The van der Waals surface area contributed by atoms with Crippen molar-refractivity contribution in [2.75, 3.05) is 7.05 Å². The summed E-state index contributed by atoms with van der Waals surface area (Å²) in [5, 5.41) is 5.23. The topological polar surface area (TPSA) is 24.9 Å². The summed E-state index contributed by atoms with van der Waals surface area (Å²) >= 11 is 11.5. The van der Waals surface area contributed by atoms with E-state index in [1.807, 2.05) is 25.2 Å². The van der Waals surface area contributed by atoms with E-state index in [0.717, 1.165) is 32.9 Å². The van der Waals surface area contributed by atoms with Gasteiger partial charge in [-0.2, -0.15) is 0 Å². The van der Waals surface area contributed by atoms with E-state index in [1.54, 1.807) is 11.3 Å². The Morgan fingerprint density at radius 3 is 2.90 bits per heavy atom. The second-order valence-electron chi connectivity index (χ2n) is 6.34. The monoisotopic (exact) mass is 384 g/mol. The minimum absolute atomic E-state index is 0.289. The predicted octanol–water partition coefficient (Wildman–Crippen LogP) is 5.46. The number of fused-ring (bicyclic) bond motifs is 1. The molecule has 0 aliphatic heterocycles. The van der Waals surface area contributed by atoms with Gasteiger partial charge < -0.3 is 5.32 Å². The Morgan fingerprint density at radius 2 is 2.19 bits per heavy atom. The Balaban J connectivity index is 2.08. The average molecular weight is 386 g/mol. The van der Waals surface area contributed by atoms with Crippen LogP contribution in [-0.2, 0) is 6.42 Å². The highest BCUT2D eigenvalue weighted by Gasteiger charge is 2.34. The van der Waals surface area contributed by atoms with E-state index < -0.39 is 0 Å². The van der Waals surface area contributed by atoms with Gasteiger partial charge >= 0.3 is 0 Å². The van der Waals surface area contributed by atoms with E-state index >= 15 is 0 Å². The van der Waals surface area contributed by atoms with Crippen molar-refractivity contribution in [3.63, 3.8) is 0 Å². The molecule has 2 aromatic rings. The lowest BCUT2D eigenvalue weighted by molar-refractivity contribution is 0.265. The number of benzene rings is 1. The van der Waals surface area contributed by atoms with Crippen LogP contribution in [0.2, 0.25) is 5.02 Å². The summed E-state index contributed by atoms with van der Waals surface area (Å²) in [5.74, 6) is 0. The van der Waals surface area contributed by atoms with Gasteiger partial charge in [-0.3, -0.25) is 0 Å². The lowest BCUT2D eigenvalue weighted by Crippen LogP contribution is -2.30. The molecular formula is C16H18BrClN2S. The summed E-state index contributed by atoms with van der Waals surface area (Å²) in [6.07, 6.45) is 2.18. The van der Waals surface area contributed by atoms with Gasteiger partial charge in [-0.05, 0) is 43.5 Å². The van der Waals surface area contributed by atoms with Crippen LogP contribution in [0.3, 0.4) is 0 Å². The summed E-state index contributed by atoms with van der Waals surface area (Å²) < 4.78 is 1.04. The molecule has 1 aromatic carbocycles. The van der Waals surface area contributed by atoms with E-state index in [0.29, 0.717) is 6.04 Å². The van der Waals surface area contributed by atoms with Gasteiger partial charge in [0, 0.05) is 26.0 Å². The Kier molecular flexibility index (Phi) is 4.17. The number of thiazole rings is 1. The maximum atomic E-state index is 6.14.